The van der Waals surface area contributed by atoms with E-state index in [1.54, 1.807) is 0 Å². The van der Waals surface area contributed by atoms with Gasteiger partial charge in [0.25, 0.3) is 0 Å². The third-order valence-corrected chi connectivity index (χ3v) is 2.85. The molecular weight excluding hydrogens is 192 g/mol. The Kier molecular flexibility index (Phi) is 3.81. The Hall–Kier alpha value is -0.700. The van der Waals surface area contributed by atoms with Gasteiger partial charge in [0.05, 0.1) is 0 Å². The van der Waals surface area contributed by atoms with Gasteiger partial charge in [0.1, 0.15) is 5.84 Å². The molecule has 3 heteroatoms. The fraction of sp³-hybridized carbons (Fsp3) is 0.545. The van der Waals surface area contributed by atoms with E-state index >= 15 is 0 Å². The minimum Gasteiger partial charge on any atom is -0.383 e. The number of nitrogens with two attached hydrogens (primary N) is 1. The molecule has 0 spiro atoms. The lowest BCUT2D eigenvalue weighted by atomic mass is 9.91. The Morgan fingerprint density at radius 1 is 1.64 bits per heavy atom. The van der Waals surface area contributed by atoms with Crippen LogP contribution in [0, 0.1) is 0 Å². The Balaban J connectivity index is 2.87. The van der Waals surface area contributed by atoms with Crippen molar-refractivity contribution in [2.75, 3.05) is 0 Å². The van der Waals surface area contributed by atoms with E-state index in [0.29, 0.717) is 11.1 Å². The standard InChI is InChI=1S/C11H18N2S/c1-7(2)13-11(12)10-5-4-9(14)6-8(10)3/h9,14H,1,4-6H2,2-3H3,(H2,12,13)/t9-/m0/s1. The molecule has 0 unspecified atom stereocenters. The summed E-state index contributed by atoms with van der Waals surface area (Å²) < 4.78 is 0. The normalized spacial score (nSPS) is 23.9. The number of hydrogen-bond donors (Lipinski definition) is 2. The highest BCUT2D eigenvalue weighted by Gasteiger charge is 2.17. The van der Waals surface area contributed by atoms with Crippen LogP contribution in [-0.2, 0) is 0 Å². The van der Waals surface area contributed by atoms with Crippen LogP contribution < -0.4 is 5.73 Å². The molecule has 2 nitrogen and oxygen atoms in total. The largest absolute Gasteiger partial charge is 0.383 e. The second-order valence-electron chi connectivity index (χ2n) is 3.89. The molecule has 14 heavy (non-hydrogen) atoms. The van der Waals surface area contributed by atoms with E-state index < -0.39 is 0 Å². The summed E-state index contributed by atoms with van der Waals surface area (Å²) in [7, 11) is 0. The summed E-state index contributed by atoms with van der Waals surface area (Å²) in [5, 5.41) is 0.483. The van der Waals surface area contributed by atoms with E-state index in [1.807, 2.05) is 6.92 Å². The predicted octanol–water partition coefficient (Wildman–Crippen LogP) is 2.68. The molecule has 1 aliphatic rings. The molecule has 0 saturated heterocycles. The van der Waals surface area contributed by atoms with Crippen molar-refractivity contribution in [3.63, 3.8) is 0 Å². The molecule has 1 aliphatic carbocycles. The summed E-state index contributed by atoms with van der Waals surface area (Å²) >= 11 is 4.47. The van der Waals surface area contributed by atoms with Crippen molar-refractivity contribution >= 4 is 18.5 Å². The van der Waals surface area contributed by atoms with Gasteiger partial charge in [-0.25, -0.2) is 4.99 Å². The molecule has 2 N–H and O–H groups in total. The molecule has 0 heterocycles. The molecule has 0 fully saturated rings. The maximum Gasteiger partial charge on any atom is 0.126 e. The van der Waals surface area contributed by atoms with Crippen LogP contribution in [0.1, 0.15) is 33.1 Å². The van der Waals surface area contributed by atoms with Crippen LogP contribution >= 0.6 is 12.6 Å². The maximum absolute atomic E-state index is 5.89. The smallest absolute Gasteiger partial charge is 0.126 e. The van der Waals surface area contributed by atoms with Crippen LogP contribution in [0.5, 0.6) is 0 Å². The van der Waals surface area contributed by atoms with Gasteiger partial charge < -0.3 is 5.73 Å². The zero-order valence-corrected chi connectivity index (χ0v) is 9.77. The Bertz CT molecular complexity index is 302. The third kappa shape index (κ3) is 2.91. The number of aliphatic imine (C=N–C) groups is 1. The first-order valence-corrected chi connectivity index (χ1v) is 5.39. The highest BCUT2D eigenvalue weighted by atomic mass is 32.1. The second kappa shape index (κ2) is 4.69. The van der Waals surface area contributed by atoms with Gasteiger partial charge in [-0.2, -0.15) is 12.6 Å². The van der Waals surface area contributed by atoms with E-state index in [1.165, 1.54) is 11.1 Å². The van der Waals surface area contributed by atoms with Gasteiger partial charge in [0, 0.05) is 10.9 Å². The minimum absolute atomic E-state index is 0.483. The van der Waals surface area contributed by atoms with Gasteiger partial charge in [-0.3, -0.25) is 0 Å². The molecule has 0 bridgehead atoms. The second-order valence-corrected chi connectivity index (χ2v) is 4.62. The SMILES string of the molecule is C=C(C)N=C(N)C1=C(C)C[C@@H](S)CC1. The third-order valence-electron chi connectivity index (χ3n) is 2.41. The van der Waals surface area contributed by atoms with Gasteiger partial charge >= 0.3 is 0 Å². The zero-order chi connectivity index (χ0) is 10.7. The van der Waals surface area contributed by atoms with Crippen molar-refractivity contribution in [3.8, 4) is 0 Å². The van der Waals surface area contributed by atoms with Crippen LogP contribution in [0.2, 0.25) is 0 Å². The average Bonchev–Trinajstić information content (AvgIpc) is 2.01. The number of allylic oxidation sites excluding steroid dienone is 2. The first-order chi connectivity index (χ1) is 6.50. The number of rotatable bonds is 2. The Morgan fingerprint density at radius 3 is 2.79 bits per heavy atom. The molecule has 0 amide bonds. The van der Waals surface area contributed by atoms with Gasteiger partial charge in [-0.05, 0) is 38.7 Å². The van der Waals surface area contributed by atoms with Gasteiger partial charge in [-0.1, -0.05) is 12.2 Å². The van der Waals surface area contributed by atoms with Crippen LogP contribution in [0.4, 0.5) is 0 Å². The number of amidine groups is 1. The van der Waals surface area contributed by atoms with E-state index in [0.717, 1.165) is 25.0 Å². The molecule has 1 rings (SSSR count). The fourth-order valence-electron chi connectivity index (χ4n) is 1.72. The molecule has 0 aliphatic heterocycles. The lowest BCUT2D eigenvalue weighted by molar-refractivity contribution is 0.708. The Labute approximate surface area is 91.4 Å². The topological polar surface area (TPSA) is 38.4 Å². The van der Waals surface area contributed by atoms with Crippen molar-refractivity contribution in [1.29, 1.82) is 0 Å². The van der Waals surface area contributed by atoms with Crippen molar-refractivity contribution in [1.82, 2.24) is 0 Å². The van der Waals surface area contributed by atoms with E-state index in [-0.39, 0.29) is 0 Å². The summed E-state index contributed by atoms with van der Waals surface area (Å²) in [6.45, 7) is 7.69. The van der Waals surface area contributed by atoms with E-state index in [2.05, 4.69) is 31.1 Å². The lowest BCUT2D eigenvalue weighted by Crippen LogP contribution is -2.21. The summed E-state index contributed by atoms with van der Waals surface area (Å²) in [4.78, 5) is 4.19. The molecule has 0 aromatic rings. The molecule has 0 saturated carbocycles. The summed E-state index contributed by atoms with van der Waals surface area (Å²) in [6.07, 6.45) is 3.09. The van der Waals surface area contributed by atoms with Crippen LogP contribution in [-0.4, -0.2) is 11.1 Å². The minimum atomic E-state index is 0.483. The van der Waals surface area contributed by atoms with Gasteiger partial charge in [0.2, 0.25) is 0 Å². The molecular formula is C11H18N2S. The van der Waals surface area contributed by atoms with E-state index in [4.69, 9.17) is 5.73 Å². The van der Waals surface area contributed by atoms with Crippen molar-refractivity contribution in [2.24, 2.45) is 10.7 Å². The van der Waals surface area contributed by atoms with Crippen molar-refractivity contribution in [3.05, 3.63) is 23.4 Å². The quantitative estimate of drug-likeness (QED) is 0.410. The molecule has 78 valence electrons. The van der Waals surface area contributed by atoms with Gasteiger partial charge in [-0.15, -0.1) is 0 Å². The number of thiol groups is 1. The first kappa shape index (κ1) is 11.4. The first-order valence-electron chi connectivity index (χ1n) is 4.87. The highest BCUT2D eigenvalue weighted by Crippen LogP contribution is 2.27. The van der Waals surface area contributed by atoms with Crippen molar-refractivity contribution in [2.45, 2.75) is 38.4 Å². The molecule has 0 aromatic heterocycles. The number of nitrogens with zero attached hydrogens (tertiary/aromatic N) is 1. The monoisotopic (exact) mass is 210 g/mol. The highest BCUT2D eigenvalue weighted by molar-refractivity contribution is 7.80. The summed E-state index contributed by atoms with van der Waals surface area (Å²) in [5.74, 6) is 0.634. The zero-order valence-electron chi connectivity index (χ0n) is 8.88. The van der Waals surface area contributed by atoms with Crippen molar-refractivity contribution < 1.29 is 0 Å². The molecule has 1 atom stereocenters. The summed E-state index contributed by atoms with van der Waals surface area (Å²) in [6, 6.07) is 0. The van der Waals surface area contributed by atoms with E-state index in [9.17, 15) is 0 Å². The fourth-order valence-corrected chi connectivity index (χ4v) is 2.13. The number of hydrogen-bond acceptors (Lipinski definition) is 2. The average molecular weight is 210 g/mol. The van der Waals surface area contributed by atoms with Crippen LogP contribution in [0.25, 0.3) is 0 Å². The Morgan fingerprint density at radius 2 is 2.29 bits per heavy atom. The molecule has 0 aromatic carbocycles. The van der Waals surface area contributed by atoms with Crippen LogP contribution in [0.3, 0.4) is 0 Å². The van der Waals surface area contributed by atoms with Crippen LogP contribution in [0.15, 0.2) is 28.4 Å². The molecule has 0 radical (unpaired) electrons. The maximum atomic E-state index is 5.89. The predicted molar refractivity (Wildman–Crippen MR) is 65.8 cm³/mol. The lowest BCUT2D eigenvalue weighted by Gasteiger charge is -2.21. The van der Waals surface area contributed by atoms with Gasteiger partial charge in [0.15, 0.2) is 0 Å². The summed E-state index contributed by atoms with van der Waals surface area (Å²) in [5.41, 5.74) is 9.16.